The van der Waals surface area contributed by atoms with Gasteiger partial charge in [0.05, 0.1) is 0 Å². The maximum absolute atomic E-state index is 12.2. The summed E-state index contributed by atoms with van der Waals surface area (Å²) >= 11 is 0. The molecule has 1 fully saturated rings. The van der Waals surface area contributed by atoms with E-state index in [9.17, 15) is 9.90 Å². The number of piperidine rings is 1. The lowest BCUT2D eigenvalue weighted by Crippen LogP contribution is -2.39. The monoisotopic (exact) mass is 276 g/mol. The van der Waals surface area contributed by atoms with E-state index in [4.69, 9.17) is 0 Å². The van der Waals surface area contributed by atoms with Crippen molar-refractivity contribution >= 4 is 11.6 Å². The van der Waals surface area contributed by atoms with E-state index in [1.54, 1.807) is 4.90 Å². The van der Waals surface area contributed by atoms with E-state index in [1.165, 1.54) is 0 Å². The first kappa shape index (κ1) is 15.0. The molecule has 1 aromatic carbocycles. The average molecular weight is 276 g/mol. The highest BCUT2D eigenvalue weighted by Crippen LogP contribution is 2.17. The van der Waals surface area contributed by atoms with Crippen LogP contribution in [-0.4, -0.2) is 49.2 Å². The van der Waals surface area contributed by atoms with Crippen LogP contribution in [0.2, 0.25) is 0 Å². The third-order valence-electron chi connectivity index (χ3n) is 4.02. The number of rotatable bonds is 5. The fourth-order valence-corrected chi connectivity index (χ4v) is 2.72. The minimum absolute atomic E-state index is 0.141. The molecule has 1 atom stereocenters. The van der Waals surface area contributed by atoms with Gasteiger partial charge in [-0.3, -0.25) is 4.79 Å². The molecule has 1 aliphatic heterocycles. The molecule has 0 saturated carbocycles. The number of likely N-dealkylation sites (tertiary alicyclic amines) is 1. The fourth-order valence-electron chi connectivity index (χ4n) is 2.72. The number of benzene rings is 1. The van der Waals surface area contributed by atoms with Crippen molar-refractivity contribution < 1.29 is 9.90 Å². The van der Waals surface area contributed by atoms with Gasteiger partial charge in [-0.25, -0.2) is 0 Å². The number of para-hydroxylation sites is 1. The van der Waals surface area contributed by atoms with Crippen LogP contribution in [0, 0.1) is 5.92 Å². The van der Waals surface area contributed by atoms with Crippen molar-refractivity contribution in [3.8, 4) is 0 Å². The molecule has 0 aromatic heterocycles. The molecule has 1 aromatic rings. The number of anilines is 1. The lowest BCUT2D eigenvalue weighted by molar-refractivity contribution is -0.118. The molecule has 0 spiro atoms. The first-order chi connectivity index (χ1) is 9.70. The molecule has 110 valence electrons. The highest BCUT2D eigenvalue weighted by molar-refractivity contribution is 5.92. The second-order valence-electron chi connectivity index (χ2n) is 5.53. The normalized spacial score (nSPS) is 19.8. The van der Waals surface area contributed by atoms with Crippen molar-refractivity contribution in [3.63, 3.8) is 0 Å². The van der Waals surface area contributed by atoms with Crippen molar-refractivity contribution in [2.75, 3.05) is 38.2 Å². The number of hydrogen-bond acceptors (Lipinski definition) is 3. The Morgan fingerprint density at radius 2 is 2.15 bits per heavy atom. The maximum Gasteiger partial charge on any atom is 0.228 e. The third-order valence-corrected chi connectivity index (χ3v) is 4.02. The molecule has 1 unspecified atom stereocenters. The Labute approximate surface area is 121 Å². The van der Waals surface area contributed by atoms with Gasteiger partial charge in [0.2, 0.25) is 5.91 Å². The van der Waals surface area contributed by atoms with Crippen LogP contribution in [0.25, 0.3) is 0 Å². The van der Waals surface area contributed by atoms with Gasteiger partial charge < -0.3 is 14.9 Å². The topological polar surface area (TPSA) is 43.8 Å². The summed E-state index contributed by atoms with van der Waals surface area (Å²) in [5, 5.41) is 9.22. The van der Waals surface area contributed by atoms with Crippen molar-refractivity contribution in [2.24, 2.45) is 5.92 Å². The molecule has 4 heteroatoms. The van der Waals surface area contributed by atoms with E-state index in [0.29, 0.717) is 12.3 Å². The molecule has 2 rings (SSSR count). The molecule has 1 N–H and O–H groups in total. The van der Waals surface area contributed by atoms with Crippen molar-refractivity contribution in [3.05, 3.63) is 30.3 Å². The van der Waals surface area contributed by atoms with Crippen LogP contribution in [0.4, 0.5) is 5.69 Å². The van der Waals surface area contributed by atoms with E-state index in [-0.39, 0.29) is 12.5 Å². The summed E-state index contributed by atoms with van der Waals surface area (Å²) in [4.78, 5) is 16.2. The largest absolute Gasteiger partial charge is 0.396 e. The minimum atomic E-state index is 0.141. The van der Waals surface area contributed by atoms with Gasteiger partial charge in [0.1, 0.15) is 0 Å². The van der Waals surface area contributed by atoms with E-state index >= 15 is 0 Å². The molecular weight excluding hydrogens is 252 g/mol. The second-order valence-corrected chi connectivity index (χ2v) is 5.53. The highest BCUT2D eigenvalue weighted by atomic mass is 16.3. The summed E-state index contributed by atoms with van der Waals surface area (Å²) in [5.74, 6) is 0.521. The summed E-state index contributed by atoms with van der Waals surface area (Å²) in [6, 6.07) is 9.72. The molecule has 0 aliphatic carbocycles. The lowest BCUT2D eigenvalue weighted by Gasteiger charge is -2.31. The predicted molar refractivity (Wildman–Crippen MR) is 80.7 cm³/mol. The summed E-state index contributed by atoms with van der Waals surface area (Å²) in [7, 11) is 1.82. The quantitative estimate of drug-likeness (QED) is 0.891. The third kappa shape index (κ3) is 4.05. The smallest absolute Gasteiger partial charge is 0.228 e. The van der Waals surface area contributed by atoms with Gasteiger partial charge in [-0.05, 0) is 37.4 Å². The average Bonchev–Trinajstić information content (AvgIpc) is 2.53. The number of carbonyl (C=O) groups excluding carboxylic acids is 1. The molecule has 4 nitrogen and oxygen atoms in total. The van der Waals surface area contributed by atoms with E-state index in [1.807, 2.05) is 37.4 Å². The minimum Gasteiger partial charge on any atom is -0.396 e. The van der Waals surface area contributed by atoms with E-state index in [0.717, 1.165) is 38.2 Å². The molecule has 1 amide bonds. The van der Waals surface area contributed by atoms with Crippen molar-refractivity contribution in [1.29, 1.82) is 0 Å². The molecule has 1 heterocycles. The van der Waals surface area contributed by atoms with Gasteiger partial charge >= 0.3 is 0 Å². The SMILES string of the molecule is CN(C(=O)CCN1CCCC(CO)C1)c1ccccc1. The number of amides is 1. The molecule has 1 saturated heterocycles. The second kappa shape index (κ2) is 7.41. The van der Waals surface area contributed by atoms with Crippen LogP contribution in [0.15, 0.2) is 30.3 Å². The standard InChI is InChI=1S/C16H24N2O2/c1-17(15-7-3-2-4-8-15)16(20)9-11-18-10-5-6-14(12-18)13-19/h2-4,7-8,14,19H,5-6,9-13H2,1H3. The first-order valence-electron chi connectivity index (χ1n) is 7.35. The van der Waals surface area contributed by atoms with E-state index in [2.05, 4.69) is 4.90 Å². The molecule has 1 aliphatic rings. The van der Waals surface area contributed by atoms with Crippen LogP contribution in [-0.2, 0) is 4.79 Å². The number of carbonyl (C=O) groups is 1. The van der Waals surface area contributed by atoms with Gasteiger partial charge in [0.15, 0.2) is 0 Å². The predicted octanol–water partition coefficient (Wildman–Crippen LogP) is 1.74. The highest BCUT2D eigenvalue weighted by Gasteiger charge is 2.20. The van der Waals surface area contributed by atoms with Gasteiger partial charge in [0, 0.05) is 38.9 Å². The summed E-state index contributed by atoms with van der Waals surface area (Å²) in [5.41, 5.74) is 0.935. The van der Waals surface area contributed by atoms with E-state index < -0.39 is 0 Å². The summed E-state index contributed by atoms with van der Waals surface area (Å²) in [6.45, 7) is 3.00. The lowest BCUT2D eigenvalue weighted by atomic mass is 9.99. The molecule has 0 bridgehead atoms. The Kier molecular flexibility index (Phi) is 5.56. The Hall–Kier alpha value is -1.39. The summed E-state index contributed by atoms with van der Waals surface area (Å²) in [6.07, 6.45) is 2.75. The van der Waals surface area contributed by atoms with Crippen LogP contribution >= 0.6 is 0 Å². The Balaban J connectivity index is 1.80. The zero-order valence-electron chi connectivity index (χ0n) is 12.2. The fraction of sp³-hybridized carbons (Fsp3) is 0.562. The number of aliphatic hydroxyl groups excluding tert-OH is 1. The maximum atomic E-state index is 12.2. The van der Waals surface area contributed by atoms with Gasteiger partial charge in [0.25, 0.3) is 0 Å². The van der Waals surface area contributed by atoms with Crippen LogP contribution in [0.3, 0.4) is 0 Å². The molecule has 0 radical (unpaired) electrons. The Morgan fingerprint density at radius 1 is 1.40 bits per heavy atom. The first-order valence-corrected chi connectivity index (χ1v) is 7.35. The zero-order chi connectivity index (χ0) is 14.4. The van der Waals surface area contributed by atoms with Gasteiger partial charge in [-0.2, -0.15) is 0 Å². The number of nitrogens with zero attached hydrogens (tertiary/aromatic N) is 2. The van der Waals surface area contributed by atoms with Crippen LogP contribution < -0.4 is 4.90 Å². The molecule has 20 heavy (non-hydrogen) atoms. The number of hydrogen-bond donors (Lipinski definition) is 1. The van der Waals surface area contributed by atoms with Crippen LogP contribution in [0.5, 0.6) is 0 Å². The van der Waals surface area contributed by atoms with Crippen LogP contribution in [0.1, 0.15) is 19.3 Å². The number of aliphatic hydroxyl groups is 1. The van der Waals surface area contributed by atoms with Gasteiger partial charge in [-0.1, -0.05) is 18.2 Å². The zero-order valence-corrected chi connectivity index (χ0v) is 12.2. The molecular formula is C16H24N2O2. The van der Waals surface area contributed by atoms with Crippen molar-refractivity contribution in [2.45, 2.75) is 19.3 Å². The van der Waals surface area contributed by atoms with Crippen molar-refractivity contribution in [1.82, 2.24) is 4.90 Å². The summed E-state index contributed by atoms with van der Waals surface area (Å²) < 4.78 is 0. The van der Waals surface area contributed by atoms with Gasteiger partial charge in [-0.15, -0.1) is 0 Å². The Bertz CT molecular complexity index is 422. The Morgan fingerprint density at radius 3 is 2.85 bits per heavy atom.